The number of nitrogens with one attached hydrogen (secondary N) is 1. The van der Waals surface area contributed by atoms with Crippen LogP contribution in [-0.2, 0) is 11.3 Å². The molecule has 0 aliphatic heterocycles. The summed E-state index contributed by atoms with van der Waals surface area (Å²) >= 11 is 0. The van der Waals surface area contributed by atoms with E-state index in [-0.39, 0.29) is 5.91 Å². The van der Waals surface area contributed by atoms with Crippen molar-refractivity contribution in [3.63, 3.8) is 0 Å². The van der Waals surface area contributed by atoms with Gasteiger partial charge in [-0.2, -0.15) is 5.10 Å². The molecule has 0 atom stereocenters. The number of pyridine rings is 1. The van der Waals surface area contributed by atoms with Crippen LogP contribution in [0.3, 0.4) is 0 Å². The maximum atomic E-state index is 12.8. The molecule has 1 N–H and O–H groups in total. The SMILES string of the molecule is Cc1ccc(-c2nnco2)cc1NC(=O)/C=C/c1cn(Cc2ccccc2)nc1-c1cccnc1. The largest absolute Gasteiger partial charge is 0.423 e. The van der Waals surface area contributed by atoms with E-state index in [1.807, 2.05) is 66.3 Å². The molecule has 5 aromatic rings. The summed E-state index contributed by atoms with van der Waals surface area (Å²) in [5, 5.41) is 15.3. The Kier molecular flexibility index (Phi) is 6.25. The molecule has 172 valence electrons. The van der Waals surface area contributed by atoms with E-state index in [1.165, 1.54) is 12.5 Å². The molecule has 0 bridgehead atoms. The lowest BCUT2D eigenvalue weighted by Gasteiger charge is -2.07. The van der Waals surface area contributed by atoms with Gasteiger partial charge in [0, 0.05) is 47.0 Å². The number of rotatable bonds is 7. The van der Waals surface area contributed by atoms with Crippen LogP contribution in [0.25, 0.3) is 28.8 Å². The predicted molar refractivity (Wildman–Crippen MR) is 133 cm³/mol. The van der Waals surface area contributed by atoms with Crippen molar-refractivity contribution in [1.82, 2.24) is 25.0 Å². The molecule has 0 unspecified atom stereocenters. The van der Waals surface area contributed by atoms with Gasteiger partial charge >= 0.3 is 0 Å². The normalized spacial score (nSPS) is 11.1. The van der Waals surface area contributed by atoms with Crippen molar-refractivity contribution in [3.8, 4) is 22.7 Å². The molecule has 0 saturated heterocycles. The monoisotopic (exact) mass is 462 g/mol. The van der Waals surface area contributed by atoms with Crippen molar-refractivity contribution in [2.24, 2.45) is 0 Å². The van der Waals surface area contributed by atoms with Gasteiger partial charge in [0.25, 0.3) is 0 Å². The van der Waals surface area contributed by atoms with Gasteiger partial charge in [0.2, 0.25) is 18.2 Å². The molecule has 8 nitrogen and oxygen atoms in total. The highest BCUT2D eigenvalue weighted by Crippen LogP contribution is 2.25. The van der Waals surface area contributed by atoms with Gasteiger partial charge < -0.3 is 9.73 Å². The first-order chi connectivity index (χ1) is 17.2. The molecule has 0 spiro atoms. The van der Waals surface area contributed by atoms with Crippen molar-refractivity contribution in [2.45, 2.75) is 13.5 Å². The van der Waals surface area contributed by atoms with E-state index >= 15 is 0 Å². The first-order valence-electron chi connectivity index (χ1n) is 11.0. The number of hydrogen-bond acceptors (Lipinski definition) is 6. The predicted octanol–water partition coefficient (Wildman–Crippen LogP) is 5.00. The molecule has 1 amide bonds. The Morgan fingerprint density at radius 3 is 2.74 bits per heavy atom. The first kappa shape index (κ1) is 22.0. The summed E-state index contributed by atoms with van der Waals surface area (Å²) in [7, 11) is 0. The van der Waals surface area contributed by atoms with Gasteiger partial charge in [-0.15, -0.1) is 10.2 Å². The summed E-state index contributed by atoms with van der Waals surface area (Å²) < 4.78 is 7.13. The Labute approximate surface area is 202 Å². The van der Waals surface area contributed by atoms with Crippen LogP contribution in [0.4, 0.5) is 5.69 Å². The number of amides is 1. The minimum absolute atomic E-state index is 0.260. The van der Waals surface area contributed by atoms with Gasteiger partial charge in [-0.25, -0.2) is 0 Å². The third-order valence-electron chi connectivity index (χ3n) is 5.43. The fourth-order valence-corrected chi connectivity index (χ4v) is 3.67. The van der Waals surface area contributed by atoms with E-state index in [9.17, 15) is 4.79 Å². The molecular formula is C27H22N6O2. The van der Waals surface area contributed by atoms with Gasteiger partial charge in [0.1, 0.15) is 5.69 Å². The number of aryl methyl sites for hydroxylation is 1. The van der Waals surface area contributed by atoms with Crippen LogP contribution in [-0.4, -0.2) is 30.9 Å². The third kappa shape index (κ3) is 5.22. The number of carbonyl (C=O) groups is 1. The second-order valence-corrected chi connectivity index (χ2v) is 7.95. The lowest BCUT2D eigenvalue weighted by molar-refractivity contribution is -0.111. The first-order valence-corrected chi connectivity index (χ1v) is 11.0. The van der Waals surface area contributed by atoms with Gasteiger partial charge in [0.05, 0.1) is 6.54 Å². The lowest BCUT2D eigenvalue weighted by atomic mass is 10.1. The molecule has 8 heteroatoms. The number of benzene rings is 2. The van der Waals surface area contributed by atoms with Gasteiger partial charge in [-0.1, -0.05) is 36.4 Å². The average molecular weight is 463 g/mol. The minimum atomic E-state index is -0.260. The third-order valence-corrected chi connectivity index (χ3v) is 5.43. The average Bonchev–Trinajstić information content (AvgIpc) is 3.56. The fourth-order valence-electron chi connectivity index (χ4n) is 3.67. The Morgan fingerprint density at radius 1 is 1.09 bits per heavy atom. The Morgan fingerprint density at radius 2 is 1.97 bits per heavy atom. The second-order valence-electron chi connectivity index (χ2n) is 7.95. The van der Waals surface area contributed by atoms with Crippen LogP contribution in [0.2, 0.25) is 0 Å². The van der Waals surface area contributed by atoms with Crippen LogP contribution >= 0.6 is 0 Å². The molecule has 0 aliphatic carbocycles. The summed E-state index contributed by atoms with van der Waals surface area (Å²) in [4.78, 5) is 17.0. The number of carbonyl (C=O) groups excluding carboxylic acids is 1. The Bertz CT molecular complexity index is 1460. The molecule has 3 heterocycles. The molecule has 3 aromatic heterocycles. The summed E-state index contributed by atoms with van der Waals surface area (Å²) in [6.07, 6.45) is 9.96. The topological polar surface area (TPSA) is 98.7 Å². The summed E-state index contributed by atoms with van der Waals surface area (Å²) in [6.45, 7) is 2.54. The van der Waals surface area contributed by atoms with Crippen molar-refractivity contribution in [2.75, 3.05) is 5.32 Å². The van der Waals surface area contributed by atoms with E-state index in [4.69, 9.17) is 9.52 Å². The maximum absolute atomic E-state index is 12.8. The van der Waals surface area contributed by atoms with Crippen molar-refractivity contribution in [3.05, 3.63) is 108 Å². The summed E-state index contributed by atoms with van der Waals surface area (Å²) in [5.41, 5.74) is 5.91. The van der Waals surface area contributed by atoms with Gasteiger partial charge in [-0.3, -0.25) is 14.5 Å². The van der Waals surface area contributed by atoms with Crippen molar-refractivity contribution in [1.29, 1.82) is 0 Å². The van der Waals surface area contributed by atoms with E-state index < -0.39 is 0 Å². The van der Waals surface area contributed by atoms with E-state index in [1.54, 1.807) is 18.5 Å². The van der Waals surface area contributed by atoms with Gasteiger partial charge in [-0.05, 0) is 48.4 Å². The van der Waals surface area contributed by atoms with Crippen LogP contribution in [0.5, 0.6) is 0 Å². The zero-order valence-electron chi connectivity index (χ0n) is 19.0. The quantitative estimate of drug-likeness (QED) is 0.342. The number of hydrogen-bond donors (Lipinski definition) is 1. The van der Waals surface area contributed by atoms with Gasteiger partial charge in [0.15, 0.2) is 0 Å². The smallest absolute Gasteiger partial charge is 0.248 e. The molecule has 5 rings (SSSR count). The second kappa shape index (κ2) is 9.96. The van der Waals surface area contributed by atoms with Crippen molar-refractivity contribution >= 4 is 17.7 Å². The molecule has 0 aliphatic rings. The summed E-state index contributed by atoms with van der Waals surface area (Å²) in [6, 6.07) is 19.5. The standard InChI is InChI=1S/C27H22N6O2/c1-19-9-10-21(27-31-29-18-35-27)14-24(19)30-25(34)12-11-23-17-33(16-20-6-3-2-4-7-20)32-26(23)22-8-5-13-28-15-22/h2-15,17-18H,16H2,1H3,(H,30,34)/b12-11+. The Balaban J connectivity index is 1.39. The van der Waals surface area contributed by atoms with Crippen LogP contribution < -0.4 is 5.32 Å². The Hall–Kier alpha value is -4.85. The molecule has 2 aromatic carbocycles. The zero-order chi connectivity index (χ0) is 24.0. The van der Waals surface area contributed by atoms with Crippen LogP contribution in [0, 0.1) is 6.92 Å². The number of aromatic nitrogens is 5. The molecule has 0 fully saturated rings. The molecule has 0 saturated carbocycles. The van der Waals surface area contributed by atoms with E-state index in [0.717, 1.165) is 33.5 Å². The number of anilines is 1. The van der Waals surface area contributed by atoms with Crippen molar-refractivity contribution < 1.29 is 9.21 Å². The van der Waals surface area contributed by atoms with E-state index in [2.05, 4.69) is 32.6 Å². The molecular weight excluding hydrogens is 440 g/mol. The highest BCUT2D eigenvalue weighted by molar-refractivity contribution is 6.03. The maximum Gasteiger partial charge on any atom is 0.248 e. The van der Waals surface area contributed by atoms with E-state index in [0.29, 0.717) is 18.1 Å². The zero-order valence-corrected chi connectivity index (χ0v) is 19.0. The van der Waals surface area contributed by atoms with Crippen LogP contribution in [0.1, 0.15) is 16.7 Å². The highest BCUT2D eigenvalue weighted by Gasteiger charge is 2.12. The fraction of sp³-hybridized carbons (Fsp3) is 0.0741. The molecule has 0 radical (unpaired) electrons. The van der Waals surface area contributed by atoms with Crippen LogP contribution in [0.15, 0.2) is 96.1 Å². The minimum Gasteiger partial charge on any atom is -0.423 e. The number of nitrogens with zero attached hydrogens (tertiary/aromatic N) is 5. The lowest BCUT2D eigenvalue weighted by Crippen LogP contribution is -2.09. The molecule has 35 heavy (non-hydrogen) atoms. The highest BCUT2D eigenvalue weighted by atomic mass is 16.4. The summed E-state index contributed by atoms with van der Waals surface area (Å²) in [5.74, 6) is 0.131.